The maximum Gasteiger partial charge on any atom is 0.227 e. The van der Waals surface area contributed by atoms with Gasteiger partial charge in [0.1, 0.15) is 5.82 Å². The highest BCUT2D eigenvalue weighted by Gasteiger charge is 2.21. The Hall–Kier alpha value is -2.30. The fourth-order valence-electron chi connectivity index (χ4n) is 3.26. The molecule has 25 heavy (non-hydrogen) atoms. The molecule has 5 heteroatoms. The molecule has 1 aromatic carbocycles. The normalized spacial score (nSPS) is 14.7. The Labute approximate surface area is 151 Å². The van der Waals surface area contributed by atoms with E-state index in [1.165, 1.54) is 16.8 Å². The van der Waals surface area contributed by atoms with Crippen LogP contribution in [-0.4, -0.2) is 42.7 Å². The molecule has 1 fully saturated rings. The van der Waals surface area contributed by atoms with Crippen LogP contribution in [0.1, 0.15) is 30.2 Å². The molecule has 1 N–H and O–H groups in total. The Kier molecular flexibility index (Phi) is 5.41. The fourth-order valence-corrected chi connectivity index (χ4v) is 3.26. The highest BCUT2D eigenvalue weighted by atomic mass is 15.3. The summed E-state index contributed by atoms with van der Waals surface area (Å²) in [5.41, 5.74) is 5.11. The summed E-state index contributed by atoms with van der Waals surface area (Å²) in [5.74, 6) is 1.78. The van der Waals surface area contributed by atoms with E-state index in [0.29, 0.717) is 0 Å². The van der Waals surface area contributed by atoms with Crippen LogP contribution in [0.4, 0.5) is 17.5 Å². The summed E-state index contributed by atoms with van der Waals surface area (Å²) in [6.07, 6.45) is 1.09. The van der Waals surface area contributed by atoms with Crippen molar-refractivity contribution >= 4 is 17.5 Å². The Bertz CT molecular complexity index is 720. The number of aromatic nitrogens is 2. The number of piperazine rings is 1. The third-order valence-electron chi connectivity index (χ3n) is 4.88. The SMILES string of the molecule is CCCNc1cc(C)nc(N2CCN(c3cccc(C)c3C)CC2)n1. The topological polar surface area (TPSA) is 44.3 Å². The molecular weight excluding hydrogens is 310 g/mol. The summed E-state index contributed by atoms with van der Waals surface area (Å²) in [6, 6.07) is 8.58. The summed E-state index contributed by atoms with van der Waals surface area (Å²) in [7, 11) is 0. The molecular formula is C20H29N5. The lowest BCUT2D eigenvalue weighted by Crippen LogP contribution is -2.47. The van der Waals surface area contributed by atoms with Crippen molar-refractivity contribution in [3.05, 3.63) is 41.1 Å². The summed E-state index contributed by atoms with van der Waals surface area (Å²) in [6.45, 7) is 13.4. The third-order valence-corrected chi connectivity index (χ3v) is 4.88. The van der Waals surface area contributed by atoms with E-state index in [2.05, 4.69) is 59.1 Å². The molecule has 0 unspecified atom stereocenters. The highest BCUT2D eigenvalue weighted by Crippen LogP contribution is 2.25. The zero-order valence-corrected chi connectivity index (χ0v) is 15.8. The van der Waals surface area contributed by atoms with Crippen molar-refractivity contribution in [2.24, 2.45) is 0 Å². The van der Waals surface area contributed by atoms with Gasteiger partial charge in [-0.05, 0) is 44.4 Å². The van der Waals surface area contributed by atoms with Crippen molar-refractivity contribution < 1.29 is 0 Å². The average molecular weight is 339 g/mol. The number of anilines is 3. The minimum atomic E-state index is 0.846. The Morgan fingerprint density at radius 2 is 1.72 bits per heavy atom. The largest absolute Gasteiger partial charge is 0.370 e. The van der Waals surface area contributed by atoms with Crippen LogP contribution >= 0.6 is 0 Å². The molecule has 2 aromatic rings. The second kappa shape index (κ2) is 7.72. The minimum Gasteiger partial charge on any atom is -0.370 e. The fraction of sp³-hybridized carbons (Fsp3) is 0.500. The van der Waals surface area contributed by atoms with Gasteiger partial charge in [-0.1, -0.05) is 19.1 Å². The van der Waals surface area contributed by atoms with Gasteiger partial charge in [-0.3, -0.25) is 0 Å². The Morgan fingerprint density at radius 3 is 2.44 bits per heavy atom. The Morgan fingerprint density at radius 1 is 1.00 bits per heavy atom. The Balaban J connectivity index is 1.70. The van der Waals surface area contributed by atoms with Gasteiger partial charge in [-0.2, -0.15) is 4.98 Å². The number of nitrogens with zero attached hydrogens (tertiary/aromatic N) is 4. The molecule has 0 saturated carbocycles. The standard InChI is InChI=1S/C20H29N5/c1-5-9-21-19-14-16(3)22-20(23-19)25-12-10-24(11-13-25)18-8-6-7-15(2)17(18)4/h6-8,14H,5,9-13H2,1-4H3,(H,21,22,23). The zero-order valence-electron chi connectivity index (χ0n) is 15.8. The molecule has 1 aliphatic rings. The smallest absolute Gasteiger partial charge is 0.227 e. The van der Waals surface area contributed by atoms with Gasteiger partial charge in [0, 0.05) is 50.2 Å². The molecule has 0 atom stereocenters. The highest BCUT2D eigenvalue weighted by molar-refractivity contribution is 5.57. The second-order valence-corrected chi connectivity index (χ2v) is 6.81. The molecule has 0 aliphatic carbocycles. The molecule has 0 spiro atoms. The van der Waals surface area contributed by atoms with Crippen LogP contribution in [-0.2, 0) is 0 Å². The molecule has 3 rings (SSSR count). The predicted octanol–water partition coefficient (Wildman–Crippen LogP) is 3.55. The van der Waals surface area contributed by atoms with E-state index in [4.69, 9.17) is 4.98 Å². The number of benzene rings is 1. The van der Waals surface area contributed by atoms with E-state index < -0.39 is 0 Å². The van der Waals surface area contributed by atoms with E-state index in [9.17, 15) is 0 Å². The molecule has 2 heterocycles. The second-order valence-electron chi connectivity index (χ2n) is 6.81. The number of rotatable bonds is 5. The molecule has 1 aliphatic heterocycles. The van der Waals surface area contributed by atoms with Crippen LogP contribution in [0.5, 0.6) is 0 Å². The van der Waals surface area contributed by atoms with Gasteiger partial charge in [0.05, 0.1) is 0 Å². The first kappa shape index (κ1) is 17.5. The van der Waals surface area contributed by atoms with Crippen molar-refractivity contribution in [1.29, 1.82) is 0 Å². The van der Waals surface area contributed by atoms with Gasteiger partial charge in [0.15, 0.2) is 0 Å². The predicted molar refractivity (Wildman–Crippen MR) is 106 cm³/mol. The minimum absolute atomic E-state index is 0.846. The van der Waals surface area contributed by atoms with Crippen LogP contribution in [0.2, 0.25) is 0 Å². The maximum atomic E-state index is 4.71. The van der Waals surface area contributed by atoms with E-state index in [0.717, 1.165) is 56.6 Å². The first-order valence-corrected chi connectivity index (χ1v) is 9.24. The van der Waals surface area contributed by atoms with Gasteiger partial charge in [-0.25, -0.2) is 4.98 Å². The molecule has 134 valence electrons. The van der Waals surface area contributed by atoms with Crippen molar-refractivity contribution in [3.63, 3.8) is 0 Å². The van der Waals surface area contributed by atoms with E-state index in [1.807, 2.05) is 13.0 Å². The lowest BCUT2D eigenvalue weighted by atomic mass is 10.1. The molecule has 5 nitrogen and oxygen atoms in total. The summed E-state index contributed by atoms with van der Waals surface area (Å²) < 4.78 is 0. The zero-order chi connectivity index (χ0) is 17.8. The summed E-state index contributed by atoms with van der Waals surface area (Å²) in [4.78, 5) is 14.1. The van der Waals surface area contributed by atoms with Crippen molar-refractivity contribution in [2.75, 3.05) is 47.8 Å². The van der Waals surface area contributed by atoms with Crippen LogP contribution in [0, 0.1) is 20.8 Å². The third kappa shape index (κ3) is 4.03. The molecule has 0 radical (unpaired) electrons. The lowest BCUT2D eigenvalue weighted by molar-refractivity contribution is 0.638. The molecule has 0 amide bonds. The first-order chi connectivity index (χ1) is 12.1. The van der Waals surface area contributed by atoms with Crippen LogP contribution in [0.3, 0.4) is 0 Å². The molecule has 1 aromatic heterocycles. The van der Waals surface area contributed by atoms with Gasteiger partial charge in [-0.15, -0.1) is 0 Å². The van der Waals surface area contributed by atoms with Gasteiger partial charge < -0.3 is 15.1 Å². The van der Waals surface area contributed by atoms with E-state index in [1.54, 1.807) is 0 Å². The molecule has 1 saturated heterocycles. The van der Waals surface area contributed by atoms with Gasteiger partial charge in [0.25, 0.3) is 0 Å². The number of hydrogen-bond donors (Lipinski definition) is 1. The lowest BCUT2D eigenvalue weighted by Gasteiger charge is -2.37. The van der Waals surface area contributed by atoms with Crippen molar-refractivity contribution in [3.8, 4) is 0 Å². The molecule has 0 bridgehead atoms. The summed E-state index contributed by atoms with van der Waals surface area (Å²) in [5, 5.41) is 3.37. The van der Waals surface area contributed by atoms with Crippen molar-refractivity contribution in [1.82, 2.24) is 9.97 Å². The van der Waals surface area contributed by atoms with Gasteiger partial charge >= 0.3 is 0 Å². The van der Waals surface area contributed by atoms with E-state index >= 15 is 0 Å². The van der Waals surface area contributed by atoms with Crippen LogP contribution in [0.25, 0.3) is 0 Å². The maximum absolute atomic E-state index is 4.71. The number of hydrogen-bond acceptors (Lipinski definition) is 5. The van der Waals surface area contributed by atoms with Crippen LogP contribution < -0.4 is 15.1 Å². The van der Waals surface area contributed by atoms with Gasteiger partial charge in [0.2, 0.25) is 5.95 Å². The monoisotopic (exact) mass is 339 g/mol. The quantitative estimate of drug-likeness (QED) is 0.902. The number of aryl methyl sites for hydroxylation is 2. The number of nitrogens with one attached hydrogen (secondary N) is 1. The first-order valence-electron chi connectivity index (χ1n) is 9.24. The van der Waals surface area contributed by atoms with Crippen molar-refractivity contribution in [2.45, 2.75) is 34.1 Å². The average Bonchev–Trinajstić information content (AvgIpc) is 2.62. The van der Waals surface area contributed by atoms with Crippen LogP contribution in [0.15, 0.2) is 24.3 Å². The summed E-state index contributed by atoms with van der Waals surface area (Å²) >= 11 is 0. The van der Waals surface area contributed by atoms with E-state index in [-0.39, 0.29) is 0 Å².